The standard InChI is InChI=1S/C13H24N4O2S/c1-4-7-16(6-3)8-9-17-11(5-2)14-15-13(17)20-10-12(18)19/h4-10H2,1-3H3,(H,18,19). The second kappa shape index (κ2) is 8.97. The van der Waals surface area contributed by atoms with E-state index in [-0.39, 0.29) is 5.75 Å². The first-order valence-electron chi connectivity index (χ1n) is 7.11. The van der Waals surface area contributed by atoms with Crippen molar-refractivity contribution in [3.05, 3.63) is 5.82 Å². The van der Waals surface area contributed by atoms with Crippen molar-refractivity contribution in [1.29, 1.82) is 0 Å². The number of carboxylic acid groups (broad SMARTS) is 1. The first-order valence-corrected chi connectivity index (χ1v) is 8.09. The second-order valence-corrected chi connectivity index (χ2v) is 5.46. The molecule has 0 amide bonds. The molecule has 0 unspecified atom stereocenters. The number of hydrogen-bond donors (Lipinski definition) is 1. The summed E-state index contributed by atoms with van der Waals surface area (Å²) < 4.78 is 2.05. The smallest absolute Gasteiger partial charge is 0.313 e. The highest BCUT2D eigenvalue weighted by Gasteiger charge is 2.13. The lowest BCUT2D eigenvalue weighted by atomic mass is 10.4. The molecule has 114 valence electrons. The number of nitrogens with zero attached hydrogens (tertiary/aromatic N) is 4. The van der Waals surface area contributed by atoms with Crippen molar-refractivity contribution in [2.75, 3.05) is 25.4 Å². The Morgan fingerprint density at radius 3 is 2.60 bits per heavy atom. The van der Waals surface area contributed by atoms with E-state index in [0.29, 0.717) is 5.16 Å². The highest BCUT2D eigenvalue weighted by molar-refractivity contribution is 7.99. The van der Waals surface area contributed by atoms with Gasteiger partial charge in [0.15, 0.2) is 5.16 Å². The summed E-state index contributed by atoms with van der Waals surface area (Å²) in [7, 11) is 0. The molecule has 0 aliphatic heterocycles. The second-order valence-electron chi connectivity index (χ2n) is 4.52. The van der Waals surface area contributed by atoms with Gasteiger partial charge in [-0.05, 0) is 19.5 Å². The summed E-state index contributed by atoms with van der Waals surface area (Å²) in [5.41, 5.74) is 0. The molecule has 6 nitrogen and oxygen atoms in total. The number of rotatable bonds is 10. The third kappa shape index (κ3) is 5.13. The molecule has 0 atom stereocenters. The fourth-order valence-corrected chi connectivity index (χ4v) is 2.73. The van der Waals surface area contributed by atoms with Gasteiger partial charge in [0.25, 0.3) is 0 Å². The van der Waals surface area contributed by atoms with Gasteiger partial charge in [0.05, 0.1) is 5.75 Å². The van der Waals surface area contributed by atoms with Gasteiger partial charge in [-0.1, -0.05) is 32.5 Å². The lowest BCUT2D eigenvalue weighted by Crippen LogP contribution is -2.28. The predicted octanol–water partition coefficient (Wildman–Crippen LogP) is 1.75. The quantitative estimate of drug-likeness (QED) is 0.664. The molecule has 0 aromatic carbocycles. The van der Waals surface area contributed by atoms with Crippen LogP contribution in [-0.2, 0) is 17.8 Å². The van der Waals surface area contributed by atoms with Crippen LogP contribution in [0.4, 0.5) is 0 Å². The summed E-state index contributed by atoms with van der Waals surface area (Å²) in [6.45, 7) is 10.2. The molecule has 1 heterocycles. The Labute approximate surface area is 124 Å². The first-order chi connectivity index (χ1) is 9.62. The Balaban J connectivity index is 2.69. The molecular formula is C13H24N4O2S. The van der Waals surface area contributed by atoms with E-state index in [1.807, 2.05) is 11.5 Å². The van der Waals surface area contributed by atoms with E-state index in [9.17, 15) is 4.79 Å². The maximum Gasteiger partial charge on any atom is 0.313 e. The number of aromatic nitrogens is 3. The van der Waals surface area contributed by atoms with Crippen molar-refractivity contribution >= 4 is 17.7 Å². The van der Waals surface area contributed by atoms with Crippen molar-refractivity contribution in [2.24, 2.45) is 0 Å². The number of hydrogen-bond acceptors (Lipinski definition) is 5. The lowest BCUT2D eigenvalue weighted by Gasteiger charge is -2.20. The van der Waals surface area contributed by atoms with Crippen LogP contribution in [0.15, 0.2) is 5.16 Å². The first kappa shape index (κ1) is 17.0. The fourth-order valence-electron chi connectivity index (χ4n) is 2.02. The lowest BCUT2D eigenvalue weighted by molar-refractivity contribution is -0.133. The topological polar surface area (TPSA) is 71.2 Å². The molecule has 1 aromatic heterocycles. The zero-order valence-corrected chi connectivity index (χ0v) is 13.3. The van der Waals surface area contributed by atoms with Crippen LogP contribution in [0.2, 0.25) is 0 Å². The van der Waals surface area contributed by atoms with E-state index in [2.05, 4.69) is 28.9 Å². The fraction of sp³-hybridized carbons (Fsp3) is 0.769. The molecule has 0 fully saturated rings. The largest absolute Gasteiger partial charge is 0.481 e. The van der Waals surface area contributed by atoms with Crippen molar-refractivity contribution in [1.82, 2.24) is 19.7 Å². The third-order valence-electron chi connectivity index (χ3n) is 3.06. The minimum absolute atomic E-state index is 0.0221. The minimum atomic E-state index is -0.830. The van der Waals surface area contributed by atoms with Crippen molar-refractivity contribution in [3.63, 3.8) is 0 Å². The molecule has 1 rings (SSSR count). The zero-order chi connectivity index (χ0) is 15.0. The third-order valence-corrected chi connectivity index (χ3v) is 4.01. The molecule has 0 saturated carbocycles. The van der Waals surface area contributed by atoms with E-state index in [1.165, 1.54) is 11.8 Å². The van der Waals surface area contributed by atoms with Crippen LogP contribution in [-0.4, -0.2) is 56.1 Å². The number of carboxylic acids is 1. The summed E-state index contributed by atoms with van der Waals surface area (Å²) >= 11 is 1.24. The van der Waals surface area contributed by atoms with Crippen LogP contribution in [0, 0.1) is 0 Å². The Bertz CT molecular complexity index is 423. The van der Waals surface area contributed by atoms with Gasteiger partial charge in [-0.15, -0.1) is 10.2 Å². The monoisotopic (exact) mass is 300 g/mol. The van der Waals surface area contributed by atoms with Crippen LogP contribution in [0.1, 0.15) is 33.0 Å². The van der Waals surface area contributed by atoms with Gasteiger partial charge >= 0.3 is 5.97 Å². The summed E-state index contributed by atoms with van der Waals surface area (Å²) in [4.78, 5) is 13.1. The van der Waals surface area contributed by atoms with Crippen LogP contribution < -0.4 is 0 Å². The van der Waals surface area contributed by atoms with Gasteiger partial charge in [0, 0.05) is 19.5 Å². The SMILES string of the molecule is CCCN(CC)CCn1c(CC)nnc1SCC(=O)O. The molecule has 0 radical (unpaired) electrons. The molecular weight excluding hydrogens is 276 g/mol. The van der Waals surface area contributed by atoms with Gasteiger partial charge in [0.2, 0.25) is 0 Å². The predicted molar refractivity (Wildman–Crippen MR) is 80.2 cm³/mol. The Morgan fingerprint density at radius 2 is 2.05 bits per heavy atom. The molecule has 0 bridgehead atoms. The molecule has 0 aliphatic carbocycles. The van der Waals surface area contributed by atoms with E-state index in [1.54, 1.807) is 0 Å². The number of likely N-dealkylation sites (N-methyl/N-ethyl adjacent to an activating group) is 1. The van der Waals surface area contributed by atoms with E-state index in [4.69, 9.17) is 5.11 Å². The molecule has 1 aromatic rings. The molecule has 1 N–H and O–H groups in total. The maximum atomic E-state index is 10.7. The Kier molecular flexibility index (Phi) is 7.61. The summed E-state index contributed by atoms with van der Waals surface area (Å²) in [6.07, 6.45) is 1.94. The van der Waals surface area contributed by atoms with Crippen LogP contribution in [0.5, 0.6) is 0 Å². The molecule has 0 spiro atoms. The van der Waals surface area contributed by atoms with E-state index >= 15 is 0 Å². The number of carbonyl (C=O) groups is 1. The Morgan fingerprint density at radius 1 is 1.30 bits per heavy atom. The minimum Gasteiger partial charge on any atom is -0.481 e. The summed E-state index contributed by atoms with van der Waals surface area (Å²) in [5, 5.41) is 17.7. The average Bonchev–Trinajstić information content (AvgIpc) is 2.83. The normalized spacial score (nSPS) is 11.2. The van der Waals surface area contributed by atoms with Crippen molar-refractivity contribution < 1.29 is 9.90 Å². The van der Waals surface area contributed by atoms with Crippen molar-refractivity contribution in [2.45, 2.75) is 45.3 Å². The van der Waals surface area contributed by atoms with Gasteiger partial charge in [-0.2, -0.15) is 0 Å². The van der Waals surface area contributed by atoms with Crippen LogP contribution in [0.25, 0.3) is 0 Å². The number of thioether (sulfide) groups is 1. The highest BCUT2D eigenvalue weighted by atomic mass is 32.2. The molecule has 0 saturated heterocycles. The molecule has 7 heteroatoms. The summed E-state index contributed by atoms with van der Waals surface area (Å²) in [6, 6.07) is 0. The van der Waals surface area contributed by atoms with Gasteiger partial charge < -0.3 is 14.6 Å². The Hall–Kier alpha value is -1.08. The number of aliphatic carboxylic acids is 1. The van der Waals surface area contributed by atoms with E-state index in [0.717, 1.165) is 44.8 Å². The zero-order valence-electron chi connectivity index (χ0n) is 12.5. The van der Waals surface area contributed by atoms with E-state index < -0.39 is 5.97 Å². The molecule has 0 aliphatic rings. The van der Waals surface area contributed by atoms with Gasteiger partial charge in [0.1, 0.15) is 5.82 Å². The average molecular weight is 300 g/mol. The van der Waals surface area contributed by atoms with Crippen LogP contribution in [0.3, 0.4) is 0 Å². The van der Waals surface area contributed by atoms with Crippen molar-refractivity contribution in [3.8, 4) is 0 Å². The summed E-state index contributed by atoms with van der Waals surface area (Å²) in [5.74, 6) is 0.114. The highest BCUT2D eigenvalue weighted by Crippen LogP contribution is 2.17. The van der Waals surface area contributed by atoms with Gasteiger partial charge in [-0.25, -0.2) is 0 Å². The maximum absolute atomic E-state index is 10.7. The van der Waals surface area contributed by atoms with Gasteiger partial charge in [-0.3, -0.25) is 4.79 Å². The number of aryl methyl sites for hydroxylation is 1. The molecule has 20 heavy (non-hydrogen) atoms. The van der Waals surface area contributed by atoms with Crippen LogP contribution >= 0.6 is 11.8 Å².